The fourth-order valence-corrected chi connectivity index (χ4v) is 2.68. The predicted molar refractivity (Wildman–Crippen MR) is 79.1 cm³/mol. The Balaban J connectivity index is 1.95. The summed E-state index contributed by atoms with van der Waals surface area (Å²) in [4.78, 5) is 11.6. The maximum atomic E-state index is 11.6. The third-order valence-electron chi connectivity index (χ3n) is 3.46. The van der Waals surface area contributed by atoms with Gasteiger partial charge in [0.15, 0.2) is 0 Å². The molecule has 0 radical (unpaired) electrons. The molecule has 0 aromatic heterocycles. The number of carbonyl (C=O) groups excluding carboxylic acids is 1. The van der Waals surface area contributed by atoms with Gasteiger partial charge in [-0.2, -0.15) is 0 Å². The van der Waals surface area contributed by atoms with Crippen molar-refractivity contribution in [3.05, 3.63) is 29.8 Å². The number of anilines is 1. The fraction of sp³-hybridized carbons (Fsp3) is 0.562. The van der Waals surface area contributed by atoms with Gasteiger partial charge < -0.3 is 14.8 Å². The van der Waals surface area contributed by atoms with Gasteiger partial charge in [-0.25, -0.2) is 4.79 Å². The molecule has 1 heterocycles. The van der Waals surface area contributed by atoms with E-state index in [2.05, 4.69) is 19.2 Å². The van der Waals surface area contributed by atoms with E-state index in [1.807, 2.05) is 12.1 Å². The average Bonchev–Trinajstić information content (AvgIpc) is 2.38. The molecule has 0 bridgehead atoms. The summed E-state index contributed by atoms with van der Waals surface area (Å²) in [6.07, 6.45) is 2.58. The Hall–Kier alpha value is -1.55. The normalized spacial score (nSPS) is 26.1. The molecule has 4 heteroatoms. The summed E-state index contributed by atoms with van der Waals surface area (Å²) in [7, 11) is 0. The molecule has 0 saturated carbocycles. The summed E-state index contributed by atoms with van der Waals surface area (Å²) in [6.45, 7) is 6.42. The number of nitrogens with one attached hydrogen (secondary N) is 1. The Morgan fingerprint density at radius 2 is 1.85 bits per heavy atom. The van der Waals surface area contributed by atoms with Gasteiger partial charge in [0.1, 0.15) is 0 Å². The van der Waals surface area contributed by atoms with E-state index in [0.717, 1.165) is 18.5 Å². The van der Waals surface area contributed by atoms with Crippen molar-refractivity contribution < 1.29 is 14.3 Å². The molecule has 2 rings (SSSR count). The van der Waals surface area contributed by atoms with Gasteiger partial charge in [0.05, 0.1) is 24.4 Å². The van der Waals surface area contributed by atoms with E-state index in [-0.39, 0.29) is 18.2 Å². The zero-order valence-electron chi connectivity index (χ0n) is 12.4. The van der Waals surface area contributed by atoms with Crippen molar-refractivity contribution in [2.45, 2.75) is 51.9 Å². The Kier molecular flexibility index (Phi) is 5.01. The van der Waals surface area contributed by atoms with Crippen LogP contribution in [0.3, 0.4) is 0 Å². The quantitative estimate of drug-likeness (QED) is 0.858. The number of hydrogen-bond acceptors (Lipinski definition) is 4. The van der Waals surface area contributed by atoms with E-state index in [9.17, 15) is 4.79 Å². The molecule has 1 aromatic carbocycles. The number of rotatable bonds is 4. The van der Waals surface area contributed by atoms with Crippen LogP contribution in [0.25, 0.3) is 0 Å². The van der Waals surface area contributed by atoms with Gasteiger partial charge in [0, 0.05) is 11.7 Å². The summed E-state index contributed by atoms with van der Waals surface area (Å²) in [5, 5.41) is 3.51. The Labute approximate surface area is 120 Å². The summed E-state index contributed by atoms with van der Waals surface area (Å²) in [5.74, 6) is -0.271. The van der Waals surface area contributed by atoms with E-state index < -0.39 is 0 Å². The number of hydrogen-bond donors (Lipinski definition) is 1. The maximum absolute atomic E-state index is 11.6. The minimum Gasteiger partial charge on any atom is -0.462 e. The van der Waals surface area contributed by atoms with Gasteiger partial charge in [-0.05, 0) is 57.9 Å². The van der Waals surface area contributed by atoms with Gasteiger partial charge in [-0.3, -0.25) is 0 Å². The lowest BCUT2D eigenvalue weighted by Crippen LogP contribution is -2.36. The van der Waals surface area contributed by atoms with Crippen molar-refractivity contribution in [1.29, 1.82) is 0 Å². The largest absolute Gasteiger partial charge is 0.462 e. The van der Waals surface area contributed by atoms with E-state index in [1.54, 1.807) is 19.1 Å². The summed E-state index contributed by atoms with van der Waals surface area (Å²) >= 11 is 0. The first kappa shape index (κ1) is 14.9. The van der Waals surface area contributed by atoms with Crippen molar-refractivity contribution in [2.75, 3.05) is 11.9 Å². The van der Waals surface area contributed by atoms with Gasteiger partial charge in [0.25, 0.3) is 0 Å². The molecule has 110 valence electrons. The maximum Gasteiger partial charge on any atom is 0.338 e. The molecule has 2 unspecified atom stereocenters. The Bertz CT molecular complexity index is 434. The van der Waals surface area contributed by atoms with Crippen LogP contribution in [0.5, 0.6) is 0 Å². The number of carbonyl (C=O) groups is 1. The third kappa shape index (κ3) is 3.97. The van der Waals surface area contributed by atoms with Crippen LogP contribution in [0, 0.1) is 0 Å². The number of esters is 1. The molecule has 1 aliphatic heterocycles. The highest BCUT2D eigenvalue weighted by atomic mass is 16.5. The number of benzene rings is 1. The lowest BCUT2D eigenvalue weighted by Gasteiger charge is -2.33. The highest BCUT2D eigenvalue weighted by Gasteiger charge is 2.24. The smallest absolute Gasteiger partial charge is 0.338 e. The van der Waals surface area contributed by atoms with Crippen LogP contribution in [0.1, 0.15) is 44.0 Å². The average molecular weight is 277 g/mol. The van der Waals surface area contributed by atoms with Crippen molar-refractivity contribution in [3.8, 4) is 0 Å². The van der Waals surface area contributed by atoms with Gasteiger partial charge in [-0.15, -0.1) is 0 Å². The lowest BCUT2D eigenvalue weighted by atomic mass is 9.99. The zero-order chi connectivity index (χ0) is 14.5. The topological polar surface area (TPSA) is 47.6 Å². The van der Waals surface area contributed by atoms with Crippen LogP contribution in [-0.2, 0) is 9.47 Å². The molecule has 1 aliphatic rings. The molecule has 4 nitrogen and oxygen atoms in total. The molecular formula is C16H23NO3. The highest BCUT2D eigenvalue weighted by molar-refractivity contribution is 5.89. The SMILES string of the molecule is CCOC(=O)c1ccc(NC2CC(C)OC(C)C2)cc1. The molecule has 0 amide bonds. The second kappa shape index (κ2) is 6.75. The zero-order valence-corrected chi connectivity index (χ0v) is 12.4. The predicted octanol–water partition coefficient (Wildman–Crippen LogP) is 3.23. The van der Waals surface area contributed by atoms with Crippen molar-refractivity contribution in [2.24, 2.45) is 0 Å². The minimum absolute atomic E-state index is 0.271. The van der Waals surface area contributed by atoms with Crippen LogP contribution < -0.4 is 5.32 Å². The lowest BCUT2D eigenvalue weighted by molar-refractivity contribution is -0.0337. The van der Waals surface area contributed by atoms with Gasteiger partial charge in [0.2, 0.25) is 0 Å². The molecule has 20 heavy (non-hydrogen) atoms. The van der Waals surface area contributed by atoms with Crippen molar-refractivity contribution >= 4 is 11.7 Å². The van der Waals surface area contributed by atoms with Crippen molar-refractivity contribution in [1.82, 2.24) is 0 Å². The molecule has 0 aliphatic carbocycles. The molecular weight excluding hydrogens is 254 g/mol. The highest BCUT2D eigenvalue weighted by Crippen LogP contribution is 2.22. The second-order valence-electron chi connectivity index (χ2n) is 5.37. The van der Waals surface area contributed by atoms with E-state index in [4.69, 9.17) is 9.47 Å². The van der Waals surface area contributed by atoms with Crippen LogP contribution >= 0.6 is 0 Å². The first-order valence-electron chi connectivity index (χ1n) is 7.27. The standard InChI is InChI=1S/C16H23NO3/c1-4-19-16(18)13-5-7-14(8-6-13)17-15-9-11(2)20-12(3)10-15/h5-8,11-12,15,17H,4,9-10H2,1-3H3. The summed E-state index contributed by atoms with van der Waals surface area (Å²) in [6, 6.07) is 7.87. The summed E-state index contributed by atoms with van der Waals surface area (Å²) in [5.41, 5.74) is 1.62. The Morgan fingerprint density at radius 1 is 1.25 bits per heavy atom. The van der Waals surface area contributed by atoms with Gasteiger partial charge >= 0.3 is 5.97 Å². The van der Waals surface area contributed by atoms with E-state index in [0.29, 0.717) is 18.2 Å². The molecule has 1 aromatic rings. The molecule has 1 saturated heterocycles. The first-order chi connectivity index (χ1) is 9.58. The fourth-order valence-electron chi connectivity index (χ4n) is 2.68. The van der Waals surface area contributed by atoms with Gasteiger partial charge in [-0.1, -0.05) is 0 Å². The van der Waals surface area contributed by atoms with Crippen LogP contribution in [-0.4, -0.2) is 30.8 Å². The third-order valence-corrected chi connectivity index (χ3v) is 3.46. The van der Waals surface area contributed by atoms with Crippen LogP contribution in [0.2, 0.25) is 0 Å². The molecule has 1 fully saturated rings. The van der Waals surface area contributed by atoms with E-state index >= 15 is 0 Å². The Morgan fingerprint density at radius 3 is 2.40 bits per heavy atom. The van der Waals surface area contributed by atoms with Crippen LogP contribution in [0.15, 0.2) is 24.3 Å². The summed E-state index contributed by atoms with van der Waals surface area (Å²) < 4.78 is 10.7. The minimum atomic E-state index is -0.271. The molecule has 0 spiro atoms. The van der Waals surface area contributed by atoms with Crippen LogP contribution in [0.4, 0.5) is 5.69 Å². The van der Waals surface area contributed by atoms with Crippen molar-refractivity contribution in [3.63, 3.8) is 0 Å². The monoisotopic (exact) mass is 277 g/mol. The van der Waals surface area contributed by atoms with E-state index in [1.165, 1.54) is 0 Å². The molecule has 2 atom stereocenters. The number of ether oxygens (including phenoxy) is 2. The molecule has 1 N–H and O–H groups in total. The second-order valence-corrected chi connectivity index (χ2v) is 5.37. The first-order valence-corrected chi connectivity index (χ1v) is 7.27.